The number of halogens is 3. The van der Waals surface area contributed by atoms with Crippen molar-refractivity contribution in [3.63, 3.8) is 0 Å². The average Bonchev–Trinajstić information content (AvgIpc) is 3.47. The number of carbonyl (C=O) groups excluding carboxylic acids is 1. The molecule has 0 fully saturated rings. The lowest BCUT2D eigenvalue weighted by atomic mass is 10.1. The molecule has 13 heteroatoms. The smallest absolute Gasteiger partial charge is 0.266 e. The van der Waals surface area contributed by atoms with E-state index in [-0.39, 0.29) is 22.2 Å². The number of benzene rings is 2. The Hall–Kier alpha value is -4.39. The Morgan fingerprint density at radius 1 is 1.15 bits per heavy atom. The summed E-state index contributed by atoms with van der Waals surface area (Å²) < 4.78 is 41.5. The Morgan fingerprint density at radius 2 is 1.85 bits per heavy atom. The van der Waals surface area contributed by atoms with Gasteiger partial charge in [-0.3, -0.25) is 14.9 Å². The number of hydrazone groups is 1. The van der Waals surface area contributed by atoms with Crippen LogP contribution < -0.4 is 5.43 Å². The number of nitrogens with one attached hydrogen (secondary N) is 1. The van der Waals surface area contributed by atoms with Crippen LogP contribution in [0.15, 0.2) is 71.1 Å². The first-order valence-electron chi connectivity index (χ1n) is 9.49. The molecule has 0 saturated heterocycles. The number of hydrogen-bond donors (Lipinski definition) is 1. The average molecular weight is 486 g/mol. The van der Waals surface area contributed by atoms with Gasteiger partial charge < -0.3 is 0 Å². The van der Waals surface area contributed by atoms with Gasteiger partial charge in [-0.25, -0.2) is 15.1 Å². The fourth-order valence-electron chi connectivity index (χ4n) is 2.85. The molecule has 1 N–H and O–H groups in total. The first-order valence-corrected chi connectivity index (χ1v) is 10.4. The standard InChI is InChI=1S/C21H13F3N6O3S/c22-21(23,24)18-10-16(14-4-2-1-3-5-14)28-29(18)20-26-17(12-34-20)19(31)27-25-11-13-6-8-15(9-7-13)30(32)33/h1-12H,(H,27,31)/b25-11+. The Kier molecular flexibility index (Phi) is 6.19. The summed E-state index contributed by atoms with van der Waals surface area (Å²) >= 11 is 0.817. The van der Waals surface area contributed by atoms with Crippen molar-refractivity contribution in [2.24, 2.45) is 5.10 Å². The predicted molar refractivity (Wildman–Crippen MR) is 118 cm³/mol. The fraction of sp³-hybridized carbons (Fsp3) is 0.0476. The summed E-state index contributed by atoms with van der Waals surface area (Å²) in [5.41, 5.74) is 2.05. The Morgan fingerprint density at radius 3 is 2.50 bits per heavy atom. The van der Waals surface area contributed by atoms with Crippen molar-refractivity contribution in [3.05, 3.63) is 93.1 Å². The number of thiazole rings is 1. The normalized spacial score (nSPS) is 11.6. The Bertz CT molecular complexity index is 1360. The molecule has 0 spiro atoms. The third kappa shape index (κ3) is 4.99. The van der Waals surface area contributed by atoms with Gasteiger partial charge >= 0.3 is 6.18 Å². The van der Waals surface area contributed by atoms with Crippen molar-refractivity contribution < 1.29 is 22.9 Å². The minimum absolute atomic E-state index is 0.0940. The molecule has 0 atom stereocenters. The monoisotopic (exact) mass is 486 g/mol. The second kappa shape index (κ2) is 9.23. The van der Waals surface area contributed by atoms with Crippen molar-refractivity contribution in [2.75, 3.05) is 0 Å². The van der Waals surface area contributed by atoms with E-state index in [2.05, 4.69) is 20.6 Å². The van der Waals surface area contributed by atoms with Crippen molar-refractivity contribution in [1.82, 2.24) is 20.2 Å². The number of carbonyl (C=O) groups is 1. The number of nitrogens with zero attached hydrogens (tertiary/aromatic N) is 5. The van der Waals surface area contributed by atoms with Gasteiger partial charge in [0, 0.05) is 23.1 Å². The van der Waals surface area contributed by atoms with E-state index < -0.39 is 22.7 Å². The van der Waals surface area contributed by atoms with Crippen molar-refractivity contribution >= 4 is 29.1 Å². The second-order valence-corrected chi connectivity index (χ2v) is 7.59. The van der Waals surface area contributed by atoms with Crippen molar-refractivity contribution in [1.29, 1.82) is 0 Å². The molecule has 0 aliphatic heterocycles. The molecule has 2 heterocycles. The van der Waals surface area contributed by atoms with Crippen LogP contribution in [0.4, 0.5) is 18.9 Å². The molecule has 0 unspecified atom stereocenters. The lowest BCUT2D eigenvalue weighted by molar-refractivity contribution is -0.384. The lowest BCUT2D eigenvalue weighted by Crippen LogP contribution is -2.18. The number of nitro groups is 1. The van der Waals surface area contributed by atoms with Gasteiger partial charge in [0.2, 0.25) is 5.13 Å². The topological polar surface area (TPSA) is 115 Å². The van der Waals surface area contributed by atoms with Gasteiger partial charge in [-0.15, -0.1) is 11.3 Å². The number of rotatable bonds is 6. The van der Waals surface area contributed by atoms with Gasteiger partial charge in [0.1, 0.15) is 5.69 Å². The molecule has 2 aromatic heterocycles. The van der Waals surface area contributed by atoms with Crippen molar-refractivity contribution in [3.8, 4) is 16.4 Å². The summed E-state index contributed by atoms with van der Waals surface area (Å²) in [5, 5.41) is 19.6. The van der Waals surface area contributed by atoms with Crippen LogP contribution in [0.3, 0.4) is 0 Å². The minimum Gasteiger partial charge on any atom is -0.266 e. The lowest BCUT2D eigenvalue weighted by Gasteiger charge is -2.06. The van der Waals surface area contributed by atoms with E-state index in [0.717, 1.165) is 17.4 Å². The summed E-state index contributed by atoms with van der Waals surface area (Å²) in [7, 11) is 0. The van der Waals surface area contributed by atoms with Crippen LogP contribution >= 0.6 is 11.3 Å². The minimum atomic E-state index is -4.69. The zero-order chi connectivity index (χ0) is 24.3. The van der Waals surface area contributed by atoms with E-state index in [1.54, 1.807) is 30.3 Å². The summed E-state index contributed by atoms with van der Waals surface area (Å²) in [4.78, 5) is 26.4. The van der Waals surface area contributed by atoms with Crippen LogP contribution in [-0.4, -0.2) is 31.8 Å². The highest BCUT2D eigenvalue weighted by atomic mass is 32.1. The van der Waals surface area contributed by atoms with Gasteiger partial charge in [-0.05, 0) is 23.8 Å². The third-order valence-corrected chi connectivity index (χ3v) is 5.28. The molecule has 0 radical (unpaired) electrons. The highest BCUT2D eigenvalue weighted by Gasteiger charge is 2.37. The first-order chi connectivity index (χ1) is 16.2. The summed E-state index contributed by atoms with van der Waals surface area (Å²) in [6.45, 7) is 0. The van der Waals surface area contributed by atoms with Crippen LogP contribution in [0.2, 0.25) is 0 Å². The molecule has 2 aromatic carbocycles. The molecule has 34 heavy (non-hydrogen) atoms. The predicted octanol–water partition coefficient (Wildman–Crippen LogP) is 4.69. The first kappa shape index (κ1) is 22.8. The zero-order valence-corrected chi connectivity index (χ0v) is 17.7. The summed E-state index contributed by atoms with van der Waals surface area (Å²) in [6, 6.07) is 14.7. The molecule has 9 nitrogen and oxygen atoms in total. The van der Waals surface area contributed by atoms with Gasteiger partial charge in [-0.2, -0.15) is 23.4 Å². The Balaban J connectivity index is 1.53. The van der Waals surface area contributed by atoms with Crippen LogP contribution in [0.25, 0.3) is 16.4 Å². The number of non-ortho nitro benzene ring substituents is 1. The number of amides is 1. The van der Waals surface area contributed by atoms with Crippen LogP contribution in [0.5, 0.6) is 0 Å². The molecular weight excluding hydrogens is 473 g/mol. The number of nitro benzene ring substituents is 1. The fourth-order valence-corrected chi connectivity index (χ4v) is 3.62. The second-order valence-electron chi connectivity index (χ2n) is 6.75. The van der Waals surface area contributed by atoms with Gasteiger partial charge in [0.25, 0.3) is 11.6 Å². The maximum absolute atomic E-state index is 13.6. The van der Waals surface area contributed by atoms with E-state index >= 15 is 0 Å². The molecular formula is C21H13F3N6O3S. The zero-order valence-electron chi connectivity index (χ0n) is 16.9. The SMILES string of the molecule is O=C(N/N=C/c1ccc([N+](=O)[O-])cc1)c1csc(-n2nc(-c3ccccc3)cc2C(F)(F)F)n1. The van der Waals surface area contributed by atoms with E-state index in [1.807, 2.05) is 0 Å². The molecule has 172 valence electrons. The van der Waals surface area contributed by atoms with E-state index in [1.165, 1.54) is 35.9 Å². The molecule has 0 aliphatic rings. The van der Waals surface area contributed by atoms with Crippen molar-refractivity contribution in [2.45, 2.75) is 6.18 Å². The largest absolute Gasteiger partial charge is 0.433 e. The van der Waals surface area contributed by atoms with E-state index in [9.17, 15) is 28.1 Å². The van der Waals surface area contributed by atoms with Gasteiger partial charge in [0.05, 0.1) is 16.8 Å². The maximum Gasteiger partial charge on any atom is 0.433 e. The Labute approximate surface area is 193 Å². The number of alkyl halides is 3. The molecule has 4 rings (SSSR count). The van der Waals surface area contributed by atoms with Gasteiger partial charge in [-0.1, -0.05) is 30.3 Å². The molecule has 0 bridgehead atoms. The third-order valence-electron chi connectivity index (χ3n) is 4.46. The van der Waals surface area contributed by atoms with Crippen LogP contribution in [0.1, 0.15) is 21.7 Å². The highest BCUT2D eigenvalue weighted by Crippen LogP contribution is 2.34. The summed E-state index contributed by atoms with van der Waals surface area (Å²) in [5.74, 6) is -0.746. The quantitative estimate of drug-likeness (QED) is 0.241. The summed E-state index contributed by atoms with van der Waals surface area (Å²) in [6.07, 6.45) is -3.43. The maximum atomic E-state index is 13.6. The van der Waals surface area contributed by atoms with Crippen LogP contribution in [0, 0.1) is 10.1 Å². The number of aromatic nitrogens is 3. The van der Waals surface area contributed by atoms with E-state index in [4.69, 9.17) is 0 Å². The highest BCUT2D eigenvalue weighted by molar-refractivity contribution is 7.12. The molecule has 1 amide bonds. The van der Waals surface area contributed by atoms with E-state index in [0.29, 0.717) is 15.8 Å². The van der Waals surface area contributed by atoms with Crippen LogP contribution in [-0.2, 0) is 6.18 Å². The number of hydrogen-bond acceptors (Lipinski definition) is 7. The van der Waals surface area contributed by atoms with Gasteiger partial charge in [0.15, 0.2) is 5.69 Å². The molecule has 4 aromatic rings. The molecule has 0 aliphatic carbocycles. The molecule has 0 saturated carbocycles.